The molecule has 2 aromatic heterocycles. The molecule has 0 aromatic carbocycles. The van der Waals surface area contributed by atoms with Crippen LogP contribution in [-0.2, 0) is 9.53 Å². The van der Waals surface area contributed by atoms with Gasteiger partial charge in [0.25, 0.3) is 5.92 Å². The first kappa shape index (κ1) is 28.3. The van der Waals surface area contributed by atoms with E-state index in [4.69, 9.17) is 4.74 Å². The molecule has 3 aliphatic rings. The van der Waals surface area contributed by atoms with Crippen LogP contribution >= 0.6 is 0 Å². The van der Waals surface area contributed by atoms with E-state index in [1.54, 1.807) is 21.7 Å². The number of urea groups is 1. The maximum absolute atomic E-state index is 15.6. The largest absolute Gasteiger partial charge is 0.444 e. The van der Waals surface area contributed by atoms with Crippen LogP contribution in [0, 0.1) is 12.8 Å². The van der Waals surface area contributed by atoms with E-state index in [1.807, 2.05) is 32.6 Å². The number of nitrogens with one attached hydrogen (secondary N) is 1. The Labute approximate surface area is 232 Å². The van der Waals surface area contributed by atoms with Crippen molar-refractivity contribution in [3.63, 3.8) is 0 Å². The predicted octanol–water partition coefficient (Wildman–Crippen LogP) is 4.32. The number of aromatic nitrogens is 2. The van der Waals surface area contributed by atoms with Crippen molar-refractivity contribution in [3.05, 3.63) is 24.0 Å². The van der Waals surface area contributed by atoms with E-state index in [-0.39, 0.29) is 43.8 Å². The summed E-state index contributed by atoms with van der Waals surface area (Å²) in [5.41, 5.74) is 1.24. The number of carbonyl (C=O) groups is 3. The Kier molecular flexibility index (Phi) is 7.49. The van der Waals surface area contributed by atoms with Gasteiger partial charge in [0.1, 0.15) is 17.3 Å². The van der Waals surface area contributed by atoms with Gasteiger partial charge in [0.2, 0.25) is 5.91 Å². The molecule has 3 aliphatic heterocycles. The van der Waals surface area contributed by atoms with Crippen LogP contribution in [0.25, 0.3) is 11.0 Å². The molecule has 2 aromatic rings. The molecule has 5 rings (SSSR count). The Hall–Kier alpha value is -3.28. The first-order valence-electron chi connectivity index (χ1n) is 14.0. The van der Waals surface area contributed by atoms with Crippen molar-refractivity contribution in [1.82, 2.24) is 24.7 Å². The van der Waals surface area contributed by atoms with Gasteiger partial charge >= 0.3 is 12.1 Å². The van der Waals surface area contributed by atoms with Gasteiger partial charge in [0.15, 0.2) is 0 Å². The van der Waals surface area contributed by atoms with E-state index in [1.165, 1.54) is 11.1 Å². The van der Waals surface area contributed by atoms with E-state index >= 15 is 8.78 Å². The SMILES string of the molecule is Cc1cn([C@@H]2CCN(CC3CCN(C(=O)OC(C)(C)C)CC3)CC2(F)F)c2ncc(N3CCC(=O)NC3=O)cc12. The lowest BCUT2D eigenvalue weighted by Crippen LogP contribution is -2.51. The van der Waals surface area contributed by atoms with Gasteiger partial charge in [-0.1, -0.05) is 0 Å². The molecule has 40 heavy (non-hydrogen) atoms. The van der Waals surface area contributed by atoms with Crippen molar-refractivity contribution in [2.24, 2.45) is 5.92 Å². The third kappa shape index (κ3) is 5.91. The minimum atomic E-state index is -2.96. The minimum Gasteiger partial charge on any atom is -0.444 e. The fraction of sp³-hybridized carbons (Fsp3) is 0.643. The highest BCUT2D eigenvalue weighted by atomic mass is 19.3. The van der Waals surface area contributed by atoms with Crippen molar-refractivity contribution < 1.29 is 27.9 Å². The van der Waals surface area contributed by atoms with Crippen LogP contribution in [0.3, 0.4) is 0 Å². The van der Waals surface area contributed by atoms with Gasteiger partial charge in [-0.3, -0.25) is 19.9 Å². The molecule has 0 radical (unpaired) electrons. The summed E-state index contributed by atoms with van der Waals surface area (Å²) in [6, 6.07) is 0.243. The predicted molar refractivity (Wildman–Crippen MR) is 146 cm³/mol. The molecule has 0 spiro atoms. The number of piperidine rings is 2. The molecule has 12 heteroatoms. The summed E-state index contributed by atoms with van der Waals surface area (Å²) in [4.78, 5) is 45.6. The Morgan fingerprint density at radius 1 is 1.15 bits per heavy atom. The monoisotopic (exact) mass is 560 g/mol. The molecule has 0 saturated carbocycles. The van der Waals surface area contributed by atoms with Gasteiger partial charge in [-0.25, -0.2) is 23.4 Å². The molecule has 3 saturated heterocycles. The second kappa shape index (κ2) is 10.6. The number of pyridine rings is 1. The number of carbonyl (C=O) groups excluding carboxylic acids is 3. The summed E-state index contributed by atoms with van der Waals surface area (Å²) in [6.07, 6.45) is 4.92. The Bertz CT molecular complexity index is 1300. The van der Waals surface area contributed by atoms with Gasteiger partial charge in [0, 0.05) is 50.7 Å². The summed E-state index contributed by atoms with van der Waals surface area (Å²) in [5.74, 6) is -3.03. The molecule has 1 atom stereocenters. The third-order valence-electron chi connectivity index (χ3n) is 7.98. The van der Waals surface area contributed by atoms with Crippen LogP contribution in [-0.4, -0.2) is 88.2 Å². The number of rotatable bonds is 4. The molecule has 1 N–H and O–H groups in total. The van der Waals surface area contributed by atoms with Crippen molar-refractivity contribution in [3.8, 4) is 0 Å². The number of hydrogen-bond donors (Lipinski definition) is 1. The van der Waals surface area contributed by atoms with Gasteiger partial charge in [-0.15, -0.1) is 0 Å². The van der Waals surface area contributed by atoms with E-state index in [2.05, 4.69) is 10.3 Å². The summed E-state index contributed by atoms with van der Waals surface area (Å²) < 4.78 is 38.3. The van der Waals surface area contributed by atoms with Crippen LogP contribution < -0.4 is 10.2 Å². The molecule has 3 fully saturated rings. The van der Waals surface area contributed by atoms with Crippen LogP contribution in [0.1, 0.15) is 58.1 Å². The highest BCUT2D eigenvalue weighted by Gasteiger charge is 2.46. The fourth-order valence-electron chi connectivity index (χ4n) is 5.96. The number of fused-ring (bicyclic) bond motifs is 1. The molecule has 0 bridgehead atoms. The number of nitrogens with zero attached hydrogens (tertiary/aromatic N) is 5. The Balaban J connectivity index is 1.22. The van der Waals surface area contributed by atoms with E-state index in [0.717, 1.165) is 18.4 Å². The molecule has 0 aliphatic carbocycles. The van der Waals surface area contributed by atoms with Crippen LogP contribution in [0.5, 0.6) is 0 Å². The average Bonchev–Trinajstić information content (AvgIpc) is 3.18. The lowest BCUT2D eigenvalue weighted by Gasteiger charge is -2.41. The summed E-state index contributed by atoms with van der Waals surface area (Å²) in [6.45, 7) is 9.56. The van der Waals surface area contributed by atoms with Gasteiger partial charge < -0.3 is 14.2 Å². The Morgan fingerprint density at radius 2 is 1.88 bits per heavy atom. The Morgan fingerprint density at radius 3 is 2.52 bits per heavy atom. The normalized spacial score (nSPS) is 23.0. The highest BCUT2D eigenvalue weighted by molar-refractivity contribution is 6.06. The maximum atomic E-state index is 15.6. The first-order valence-corrected chi connectivity index (χ1v) is 14.0. The number of alkyl halides is 2. The maximum Gasteiger partial charge on any atom is 0.410 e. The third-order valence-corrected chi connectivity index (χ3v) is 7.98. The number of amides is 4. The zero-order valence-electron chi connectivity index (χ0n) is 23.6. The number of likely N-dealkylation sites (tertiary alicyclic amines) is 2. The molecule has 10 nitrogen and oxygen atoms in total. The number of ether oxygens (including phenoxy) is 1. The van der Waals surface area contributed by atoms with Crippen LogP contribution in [0.4, 0.5) is 24.1 Å². The van der Waals surface area contributed by atoms with Crippen LogP contribution in [0.2, 0.25) is 0 Å². The lowest BCUT2D eigenvalue weighted by molar-refractivity contribution is -0.120. The topological polar surface area (TPSA) is 100 Å². The molecule has 5 heterocycles. The number of anilines is 1. The summed E-state index contributed by atoms with van der Waals surface area (Å²) >= 11 is 0. The second-order valence-electron chi connectivity index (χ2n) is 12.3. The smallest absolute Gasteiger partial charge is 0.410 e. The highest BCUT2D eigenvalue weighted by Crippen LogP contribution is 2.40. The van der Waals surface area contributed by atoms with E-state index < -0.39 is 23.6 Å². The number of imide groups is 1. The quantitative estimate of drug-likeness (QED) is 0.598. The average molecular weight is 561 g/mol. The second-order valence-corrected chi connectivity index (χ2v) is 12.3. The van der Waals surface area contributed by atoms with Gasteiger partial charge in [-0.2, -0.15) is 0 Å². The zero-order valence-corrected chi connectivity index (χ0v) is 23.6. The number of hydrogen-bond acceptors (Lipinski definition) is 6. The van der Waals surface area contributed by atoms with Crippen molar-refractivity contribution in [1.29, 1.82) is 0 Å². The molecule has 4 amide bonds. The van der Waals surface area contributed by atoms with Crippen molar-refractivity contribution >= 4 is 34.8 Å². The van der Waals surface area contributed by atoms with E-state index in [0.29, 0.717) is 42.9 Å². The minimum absolute atomic E-state index is 0.192. The van der Waals surface area contributed by atoms with E-state index in [9.17, 15) is 14.4 Å². The molecule has 0 unspecified atom stereocenters. The standard InChI is InChI=1S/C28H38F2N6O4/c1-18-15-36(24-21(18)13-20(14-31-24)35-12-8-23(37)32-25(35)38)22-7-9-33(17-28(22,29)30)16-19-5-10-34(11-6-19)26(39)40-27(2,3)4/h13-15,19,22H,5-12,16-17H2,1-4H3,(H,32,37,38)/t22-/m1/s1. The molecular weight excluding hydrogens is 522 g/mol. The zero-order chi connectivity index (χ0) is 28.8. The van der Waals surface area contributed by atoms with Gasteiger partial charge in [-0.05, 0) is 64.5 Å². The summed E-state index contributed by atoms with van der Waals surface area (Å²) in [7, 11) is 0. The van der Waals surface area contributed by atoms with Crippen molar-refractivity contribution in [2.75, 3.05) is 44.2 Å². The fourth-order valence-corrected chi connectivity index (χ4v) is 5.96. The van der Waals surface area contributed by atoms with Crippen LogP contribution in [0.15, 0.2) is 18.5 Å². The lowest BCUT2D eigenvalue weighted by atomic mass is 9.94. The summed E-state index contributed by atoms with van der Waals surface area (Å²) in [5, 5.41) is 3.00. The van der Waals surface area contributed by atoms with Gasteiger partial charge in [0.05, 0.1) is 18.4 Å². The molecular formula is C28H38F2N6O4. The number of halogens is 2. The molecule has 218 valence electrons. The number of aryl methyl sites for hydroxylation is 1. The first-order chi connectivity index (χ1) is 18.8. The van der Waals surface area contributed by atoms with Crippen molar-refractivity contribution in [2.45, 2.75) is 70.9 Å².